The Morgan fingerprint density at radius 2 is 1.89 bits per heavy atom. The van der Waals surface area contributed by atoms with Crippen molar-refractivity contribution in [1.29, 1.82) is 0 Å². The Labute approximate surface area is 114 Å². The molecule has 1 unspecified atom stereocenters. The van der Waals surface area contributed by atoms with Gasteiger partial charge in [-0.15, -0.1) is 0 Å². The summed E-state index contributed by atoms with van der Waals surface area (Å²) in [6, 6.07) is -0.267. The first-order valence-electron chi connectivity index (χ1n) is 6.71. The molecular formula is C14H22N2O3. The number of ether oxygens (including phenoxy) is 1. The van der Waals surface area contributed by atoms with Crippen LogP contribution in [0.15, 0.2) is 24.4 Å². The third-order valence-corrected chi connectivity index (χ3v) is 3.03. The fourth-order valence-electron chi connectivity index (χ4n) is 1.98. The van der Waals surface area contributed by atoms with Gasteiger partial charge in [0.2, 0.25) is 5.91 Å². The summed E-state index contributed by atoms with van der Waals surface area (Å²) in [4.78, 5) is 27.1. The minimum Gasteiger partial charge on any atom is -0.449 e. The molecule has 0 fully saturated rings. The second kappa shape index (κ2) is 7.61. The van der Waals surface area contributed by atoms with Crippen molar-refractivity contribution in [3.8, 4) is 0 Å². The molecule has 1 aliphatic heterocycles. The zero-order valence-corrected chi connectivity index (χ0v) is 11.8. The number of nitrogens with zero attached hydrogens (tertiary/aromatic N) is 2. The topological polar surface area (TPSA) is 49.9 Å². The highest BCUT2D eigenvalue weighted by atomic mass is 16.6. The number of amides is 2. The van der Waals surface area contributed by atoms with Gasteiger partial charge in [-0.2, -0.15) is 0 Å². The number of carbonyl (C=O) groups excluding carboxylic acids is 2. The smallest absolute Gasteiger partial charge is 0.414 e. The summed E-state index contributed by atoms with van der Waals surface area (Å²) in [5.74, 6) is 0.0456. The van der Waals surface area contributed by atoms with E-state index >= 15 is 0 Å². The van der Waals surface area contributed by atoms with Gasteiger partial charge in [-0.25, -0.2) is 4.79 Å². The van der Waals surface area contributed by atoms with Gasteiger partial charge in [0, 0.05) is 19.3 Å². The number of allylic oxidation sites excluding steroid dienone is 2. The first kappa shape index (κ1) is 15.3. The van der Waals surface area contributed by atoms with Crippen LogP contribution in [0.25, 0.3) is 0 Å². The first-order chi connectivity index (χ1) is 9.13. The van der Waals surface area contributed by atoms with E-state index in [1.165, 1.54) is 4.90 Å². The minimum atomic E-state index is -0.416. The highest BCUT2D eigenvalue weighted by molar-refractivity contribution is 5.78. The van der Waals surface area contributed by atoms with Crippen LogP contribution in [0, 0.1) is 0 Å². The van der Waals surface area contributed by atoms with Crippen molar-refractivity contribution in [3.05, 3.63) is 24.4 Å². The lowest BCUT2D eigenvalue weighted by atomic mass is 10.1. The van der Waals surface area contributed by atoms with Crippen molar-refractivity contribution < 1.29 is 14.3 Å². The monoisotopic (exact) mass is 266 g/mol. The predicted octanol–water partition coefficient (Wildman–Crippen LogP) is 2.16. The molecule has 1 heterocycles. The zero-order valence-electron chi connectivity index (χ0n) is 11.8. The first-order valence-corrected chi connectivity index (χ1v) is 6.71. The molecule has 0 aromatic heterocycles. The van der Waals surface area contributed by atoms with Crippen LogP contribution in [0.3, 0.4) is 0 Å². The Bertz CT molecular complexity index is 373. The Morgan fingerprint density at radius 1 is 1.21 bits per heavy atom. The third-order valence-electron chi connectivity index (χ3n) is 3.03. The second-order valence-electron chi connectivity index (χ2n) is 4.17. The Hall–Kier alpha value is -1.78. The maximum atomic E-state index is 12.1. The van der Waals surface area contributed by atoms with Crippen LogP contribution in [0.4, 0.5) is 4.79 Å². The van der Waals surface area contributed by atoms with Gasteiger partial charge < -0.3 is 9.64 Å². The van der Waals surface area contributed by atoms with Crippen LogP contribution in [0.2, 0.25) is 0 Å². The summed E-state index contributed by atoms with van der Waals surface area (Å²) >= 11 is 0. The van der Waals surface area contributed by atoms with E-state index in [-0.39, 0.29) is 18.4 Å². The summed E-state index contributed by atoms with van der Waals surface area (Å²) in [6.45, 7) is 7.34. The fraction of sp³-hybridized carbons (Fsp3) is 0.571. The van der Waals surface area contributed by atoms with Crippen molar-refractivity contribution in [3.63, 3.8) is 0 Å². The van der Waals surface area contributed by atoms with Crippen molar-refractivity contribution in [2.75, 3.05) is 19.7 Å². The summed E-state index contributed by atoms with van der Waals surface area (Å²) < 4.78 is 4.98. The molecule has 0 saturated heterocycles. The molecule has 106 valence electrons. The van der Waals surface area contributed by atoms with E-state index in [2.05, 4.69) is 0 Å². The quantitative estimate of drug-likeness (QED) is 0.766. The van der Waals surface area contributed by atoms with Crippen molar-refractivity contribution in [2.45, 2.75) is 33.2 Å². The summed E-state index contributed by atoms with van der Waals surface area (Å²) in [6.07, 6.45) is 6.96. The van der Waals surface area contributed by atoms with Crippen LogP contribution in [0.5, 0.6) is 0 Å². The van der Waals surface area contributed by atoms with Crippen LogP contribution in [-0.2, 0) is 9.53 Å². The number of hydrogen-bond donors (Lipinski definition) is 0. The molecule has 2 amide bonds. The van der Waals surface area contributed by atoms with E-state index in [1.807, 2.05) is 26.0 Å². The molecule has 0 spiro atoms. The highest BCUT2D eigenvalue weighted by Gasteiger charge is 2.25. The Balaban J connectivity index is 2.69. The largest absolute Gasteiger partial charge is 0.449 e. The average Bonchev–Trinajstić information content (AvgIpc) is 2.41. The number of hydrogen-bond acceptors (Lipinski definition) is 3. The molecule has 0 N–H and O–H groups in total. The van der Waals surface area contributed by atoms with E-state index in [4.69, 9.17) is 4.74 Å². The van der Waals surface area contributed by atoms with Gasteiger partial charge in [0.05, 0.1) is 19.1 Å². The summed E-state index contributed by atoms with van der Waals surface area (Å²) in [5.41, 5.74) is 0. The van der Waals surface area contributed by atoms with Crippen LogP contribution < -0.4 is 0 Å². The normalized spacial score (nSPS) is 17.4. The van der Waals surface area contributed by atoms with Gasteiger partial charge in [0.25, 0.3) is 0 Å². The zero-order chi connectivity index (χ0) is 14.3. The number of rotatable bonds is 5. The molecule has 0 aliphatic carbocycles. The molecule has 5 nitrogen and oxygen atoms in total. The SMILES string of the molecule is CCOC(=O)N1C=CC=CC1CC(=O)N(CC)CC. The fourth-order valence-corrected chi connectivity index (χ4v) is 1.98. The van der Waals surface area contributed by atoms with Gasteiger partial charge in [-0.1, -0.05) is 12.2 Å². The molecule has 0 saturated carbocycles. The van der Waals surface area contributed by atoms with Crippen molar-refractivity contribution >= 4 is 12.0 Å². The Kier molecular flexibility index (Phi) is 6.12. The summed E-state index contributed by atoms with van der Waals surface area (Å²) in [5, 5.41) is 0. The molecule has 19 heavy (non-hydrogen) atoms. The van der Waals surface area contributed by atoms with E-state index < -0.39 is 6.09 Å². The van der Waals surface area contributed by atoms with Crippen LogP contribution >= 0.6 is 0 Å². The molecule has 0 radical (unpaired) electrons. The third kappa shape index (κ3) is 4.12. The molecule has 5 heteroatoms. The van der Waals surface area contributed by atoms with Crippen LogP contribution in [0.1, 0.15) is 27.2 Å². The molecule has 0 bridgehead atoms. The van der Waals surface area contributed by atoms with Gasteiger partial charge in [-0.05, 0) is 26.8 Å². The lowest BCUT2D eigenvalue weighted by Gasteiger charge is -2.29. The molecule has 1 rings (SSSR count). The standard InChI is InChI=1S/C14H22N2O3/c1-4-15(5-2)13(17)11-12-9-7-8-10-16(12)14(18)19-6-3/h7-10,12H,4-6,11H2,1-3H3. The average molecular weight is 266 g/mol. The predicted molar refractivity (Wildman–Crippen MR) is 73.5 cm³/mol. The van der Waals surface area contributed by atoms with Gasteiger partial charge in [-0.3, -0.25) is 9.69 Å². The summed E-state index contributed by atoms with van der Waals surface area (Å²) in [7, 11) is 0. The van der Waals surface area contributed by atoms with Gasteiger partial charge in [0.15, 0.2) is 0 Å². The second-order valence-corrected chi connectivity index (χ2v) is 4.17. The molecule has 1 aliphatic rings. The molecule has 0 aromatic carbocycles. The van der Waals surface area contributed by atoms with Crippen LogP contribution in [-0.4, -0.2) is 47.5 Å². The minimum absolute atomic E-state index is 0.0456. The molecule has 1 atom stereocenters. The Morgan fingerprint density at radius 3 is 2.47 bits per heavy atom. The van der Waals surface area contributed by atoms with Crippen molar-refractivity contribution in [1.82, 2.24) is 9.80 Å². The van der Waals surface area contributed by atoms with Crippen molar-refractivity contribution in [2.24, 2.45) is 0 Å². The van der Waals surface area contributed by atoms with E-state index in [9.17, 15) is 9.59 Å². The lowest BCUT2D eigenvalue weighted by molar-refractivity contribution is -0.131. The van der Waals surface area contributed by atoms with Gasteiger partial charge in [0.1, 0.15) is 0 Å². The van der Waals surface area contributed by atoms with E-state index in [1.54, 1.807) is 24.1 Å². The van der Waals surface area contributed by atoms with E-state index in [0.717, 1.165) is 0 Å². The van der Waals surface area contributed by atoms with E-state index in [0.29, 0.717) is 19.7 Å². The lowest BCUT2D eigenvalue weighted by Crippen LogP contribution is -2.41. The number of carbonyl (C=O) groups is 2. The maximum absolute atomic E-state index is 12.1. The maximum Gasteiger partial charge on any atom is 0.414 e. The molecular weight excluding hydrogens is 244 g/mol. The molecule has 0 aromatic rings. The highest BCUT2D eigenvalue weighted by Crippen LogP contribution is 2.15. The van der Waals surface area contributed by atoms with Gasteiger partial charge >= 0.3 is 6.09 Å².